The lowest BCUT2D eigenvalue weighted by Crippen LogP contribution is -2.32. The Balaban J connectivity index is 1.73. The van der Waals surface area contributed by atoms with E-state index in [4.69, 9.17) is 11.6 Å². The minimum atomic E-state index is -1.01. The SMILES string of the molecule is C=C1/C(=C\C=C2/CCCC3(C)C(C(C)C/C=C/C(O)(CC)CC)=CCC23)CC(Cl)CC1F. The van der Waals surface area contributed by atoms with Gasteiger partial charge in [-0.2, -0.15) is 0 Å². The van der Waals surface area contributed by atoms with Gasteiger partial charge in [-0.1, -0.05) is 75.8 Å². The number of hydrogen-bond acceptors (Lipinski definition) is 1. The lowest BCUT2D eigenvalue weighted by molar-refractivity contribution is 0.0824. The van der Waals surface area contributed by atoms with Crippen molar-refractivity contribution in [2.45, 2.75) is 103 Å². The smallest absolute Gasteiger partial charge is 0.126 e. The van der Waals surface area contributed by atoms with Gasteiger partial charge in [-0.25, -0.2) is 4.39 Å². The molecule has 5 unspecified atom stereocenters. The highest BCUT2D eigenvalue weighted by Crippen LogP contribution is 2.57. The summed E-state index contributed by atoms with van der Waals surface area (Å²) in [5.74, 6) is 1.00. The minimum Gasteiger partial charge on any atom is -0.386 e. The van der Waals surface area contributed by atoms with E-state index in [1.165, 1.54) is 18.4 Å². The predicted molar refractivity (Wildman–Crippen MR) is 136 cm³/mol. The summed E-state index contributed by atoms with van der Waals surface area (Å²) < 4.78 is 14.2. The third-order valence-corrected chi connectivity index (χ3v) is 8.81. The molecule has 0 radical (unpaired) electrons. The van der Waals surface area contributed by atoms with Gasteiger partial charge in [-0.05, 0) is 86.2 Å². The minimum absolute atomic E-state index is 0.136. The Bertz CT molecular complexity index is 815. The Kier molecular flexibility index (Phi) is 8.31. The highest BCUT2D eigenvalue weighted by atomic mass is 35.5. The van der Waals surface area contributed by atoms with Crippen molar-refractivity contribution in [1.82, 2.24) is 0 Å². The maximum atomic E-state index is 14.2. The average Bonchev–Trinajstić information content (AvgIpc) is 3.12. The molecule has 5 atom stereocenters. The topological polar surface area (TPSA) is 20.2 Å². The largest absolute Gasteiger partial charge is 0.386 e. The number of halogens is 2. The first kappa shape index (κ1) is 25.5. The fourth-order valence-corrected chi connectivity index (χ4v) is 6.45. The van der Waals surface area contributed by atoms with Crippen LogP contribution in [0.4, 0.5) is 4.39 Å². The van der Waals surface area contributed by atoms with E-state index in [1.54, 1.807) is 5.57 Å². The van der Waals surface area contributed by atoms with Crippen LogP contribution in [-0.4, -0.2) is 22.3 Å². The van der Waals surface area contributed by atoms with Crippen molar-refractivity contribution in [3.8, 4) is 0 Å². The van der Waals surface area contributed by atoms with E-state index in [0.29, 0.717) is 30.3 Å². The molecular weight excluding hydrogens is 419 g/mol. The van der Waals surface area contributed by atoms with Crippen molar-refractivity contribution < 1.29 is 9.50 Å². The Morgan fingerprint density at radius 3 is 2.75 bits per heavy atom. The number of alkyl halides is 2. The predicted octanol–water partition coefficient (Wildman–Crippen LogP) is 8.40. The van der Waals surface area contributed by atoms with E-state index >= 15 is 0 Å². The Labute approximate surface area is 200 Å². The molecule has 178 valence electrons. The van der Waals surface area contributed by atoms with Crippen LogP contribution in [0, 0.1) is 17.3 Å². The molecule has 2 saturated carbocycles. The summed E-state index contributed by atoms with van der Waals surface area (Å²) in [7, 11) is 0. The third-order valence-electron chi connectivity index (χ3n) is 8.48. The van der Waals surface area contributed by atoms with Crippen molar-refractivity contribution in [3.05, 3.63) is 59.3 Å². The Morgan fingerprint density at radius 2 is 2.06 bits per heavy atom. The standard InChI is InChI=1S/C29H42ClFO/c1-6-29(32,7-2)17-8-10-20(3)25-14-15-26-22(11-9-16-28(25,26)5)12-13-23-18-24(30)19-27(31)21(23)4/h8,12-14,17,20,24,26-27,32H,4,6-7,9-11,15-16,18-19H2,1-3,5H3/b17-8+,22-12+,23-13-. The van der Waals surface area contributed by atoms with E-state index in [2.05, 4.69) is 44.7 Å². The van der Waals surface area contributed by atoms with Crippen LogP contribution in [-0.2, 0) is 0 Å². The van der Waals surface area contributed by atoms with Crippen LogP contribution >= 0.6 is 11.6 Å². The number of rotatable bonds is 7. The quantitative estimate of drug-likeness (QED) is 0.298. The molecule has 0 saturated heterocycles. The van der Waals surface area contributed by atoms with Gasteiger partial charge in [0, 0.05) is 5.38 Å². The van der Waals surface area contributed by atoms with Crippen molar-refractivity contribution in [2.24, 2.45) is 17.3 Å². The first-order valence-electron chi connectivity index (χ1n) is 12.6. The summed E-state index contributed by atoms with van der Waals surface area (Å²) in [5, 5.41) is 10.4. The van der Waals surface area contributed by atoms with Gasteiger partial charge in [-0.3, -0.25) is 0 Å². The van der Waals surface area contributed by atoms with Crippen LogP contribution in [0.3, 0.4) is 0 Å². The van der Waals surface area contributed by atoms with Crippen LogP contribution in [0.1, 0.15) is 85.5 Å². The van der Waals surface area contributed by atoms with Crippen LogP contribution in [0.15, 0.2) is 59.3 Å². The number of aliphatic hydroxyl groups is 1. The molecule has 3 heteroatoms. The molecule has 0 amide bonds. The molecule has 32 heavy (non-hydrogen) atoms. The van der Waals surface area contributed by atoms with E-state index in [-0.39, 0.29) is 10.8 Å². The summed E-state index contributed by atoms with van der Waals surface area (Å²) >= 11 is 6.27. The summed E-state index contributed by atoms with van der Waals surface area (Å²) in [6.45, 7) is 12.8. The highest BCUT2D eigenvalue weighted by Gasteiger charge is 2.45. The van der Waals surface area contributed by atoms with Gasteiger partial charge < -0.3 is 5.11 Å². The molecule has 3 aliphatic rings. The van der Waals surface area contributed by atoms with Crippen molar-refractivity contribution >= 4 is 11.6 Å². The maximum absolute atomic E-state index is 14.2. The second-order valence-electron chi connectivity index (χ2n) is 10.5. The summed E-state index contributed by atoms with van der Waals surface area (Å²) in [6.07, 6.45) is 18.2. The van der Waals surface area contributed by atoms with Gasteiger partial charge in [-0.15, -0.1) is 11.6 Å². The van der Waals surface area contributed by atoms with E-state index in [0.717, 1.165) is 37.7 Å². The van der Waals surface area contributed by atoms with Gasteiger partial charge in [0.25, 0.3) is 0 Å². The molecule has 0 bridgehead atoms. The van der Waals surface area contributed by atoms with Gasteiger partial charge in [0.1, 0.15) is 6.17 Å². The second kappa shape index (κ2) is 10.4. The van der Waals surface area contributed by atoms with Crippen molar-refractivity contribution in [3.63, 3.8) is 0 Å². The van der Waals surface area contributed by atoms with E-state index in [9.17, 15) is 9.50 Å². The maximum Gasteiger partial charge on any atom is 0.126 e. The average molecular weight is 461 g/mol. The third kappa shape index (κ3) is 5.33. The zero-order valence-electron chi connectivity index (χ0n) is 20.5. The monoisotopic (exact) mass is 460 g/mol. The number of allylic oxidation sites excluding steroid dienone is 8. The first-order chi connectivity index (χ1) is 15.1. The fraction of sp³-hybridized carbons (Fsp3) is 0.655. The van der Waals surface area contributed by atoms with Crippen molar-refractivity contribution in [1.29, 1.82) is 0 Å². The molecule has 1 nitrogen and oxygen atoms in total. The number of hydrogen-bond donors (Lipinski definition) is 1. The molecule has 0 spiro atoms. The van der Waals surface area contributed by atoms with E-state index in [1.807, 2.05) is 19.9 Å². The Hall–Kier alpha value is -1.12. The molecule has 0 heterocycles. The lowest BCUT2D eigenvalue weighted by Gasteiger charge is -2.42. The zero-order chi connectivity index (χ0) is 23.5. The van der Waals surface area contributed by atoms with E-state index < -0.39 is 11.8 Å². The molecule has 3 rings (SSSR count). The molecule has 0 aromatic carbocycles. The van der Waals surface area contributed by atoms with Crippen LogP contribution in [0.5, 0.6) is 0 Å². The summed E-state index contributed by atoms with van der Waals surface area (Å²) in [6, 6.07) is 0. The Morgan fingerprint density at radius 1 is 1.34 bits per heavy atom. The molecular formula is C29H42ClFO. The summed E-state index contributed by atoms with van der Waals surface area (Å²) in [5.41, 5.74) is 4.19. The van der Waals surface area contributed by atoms with Crippen LogP contribution < -0.4 is 0 Å². The number of fused-ring (bicyclic) bond motifs is 1. The molecule has 3 aliphatic carbocycles. The van der Waals surface area contributed by atoms with Gasteiger partial charge >= 0.3 is 0 Å². The summed E-state index contributed by atoms with van der Waals surface area (Å²) in [4.78, 5) is 0. The second-order valence-corrected chi connectivity index (χ2v) is 11.1. The molecule has 2 fully saturated rings. The lowest BCUT2D eigenvalue weighted by atomic mass is 9.62. The molecule has 0 aliphatic heterocycles. The van der Waals surface area contributed by atoms with Crippen LogP contribution in [0.25, 0.3) is 0 Å². The zero-order valence-corrected chi connectivity index (χ0v) is 21.2. The van der Waals surface area contributed by atoms with Gasteiger partial charge in [0.15, 0.2) is 0 Å². The van der Waals surface area contributed by atoms with Gasteiger partial charge in [0.2, 0.25) is 0 Å². The fourth-order valence-electron chi connectivity index (χ4n) is 6.12. The molecule has 1 N–H and O–H groups in total. The highest BCUT2D eigenvalue weighted by molar-refractivity contribution is 6.21. The first-order valence-corrected chi connectivity index (χ1v) is 13.0. The molecule has 0 aromatic rings. The molecule has 0 aromatic heterocycles. The van der Waals surface area contributed by atoms with Gasteiger partial charge in [0.05, 0.1) is 5.60 Å². The van der Waals surface area contributed by atoms with Crippen LogP contribution in [0.2, 0.25) is 0 Å². The van der Waals surface area contributed by atoms with Crippen molar-refractivity contribution in [2.75, 3.05) is 0 Å². The normalized spacial score (nSPS) is 34.9.